The molecule has 0 amide bonds. The molecule has 0 heterocycles. The van der Waals surface area contributed by atoms with Crippen LogP contribution in [-0.2, 0) is 13.6 Å². The van der Waals surface area contributed by atoms with Gasteiger partial charge in [0.15, 0.2) is 0 Å². The predicted octanol–water partition coefficient (Wildman–Crippen LogP) is 1.87. The molecular weight excluding hydrogens is 217 g/mol. The molecule has 0 saturated heterocycles. The van der Waals surface area contributed by atoms with E-state index in [4.69, 9.17) is 9.42 Å². The van der Waals surface area contributed by atoms with Crippen LogP contribution in [0.4, 0.5) is 0 Å². The number of hydrogen-bond acceptors (Lipinski definition) is 3. The lowest BCUT2D eigenvalue weighted by Crippen LogP contribution is -2.37. The smallest absolute Gasteiger partial charge is 0.329 e. The molecule has 1 unspecified atom stereocenters. The first-order chi connectivity index (χ1) is 6.77. The molecule has 0 fully saturated rings. The van der Waals surface area contributed by atoms with Gasteiger partial charge >= 0.3 is 7.82 Å². The zero-order valence-electron chi connectivity index (χ0n) is 10.7. The molecule has 15 heavy (non-hydrogen) atoms. The molecular formula is C9H25NO4P+. The van der Waals surface area contributed by atoms with Crippen molar-refractivity contribution in [1.29, 1.82) is 0 Å². The maximum Gasteiger partial charge on any atom is 0.472 e. The van der Waals surface area contributed by atoms with Gasteiger partial charge in [-0.15, -0.1) is 0 Å². The normalized spacial score (nSPS) is 15.1. The minimum atomic E-state index is -3.79. The number of rotatable bonds is 6. The van der Waals surface area contributed by atoms with E-state index in [1.54, 1.807) is 6.92 Å². The van der Waals surface area contributed by atoms with Crippen LogP contribution < -0.4 is 0 Å². The van der Waals surface area contributed by atoms with E-state index in [0.29, 0.717) is 11.0 Å². The van der Waals surface area contributed by atoms with Crippen molar-refractivity contribution in [2.75, 3.05) is 40.9 Å². The van der Waals surface area contributed by atoms with Gasteiger partial charge in [-0.2, -0.15) is 0 Å². The predicted molar refractivity (Wildman–Crippen MR) is 61.7 cm³/mol. The number of phosphoric ester groups is 1. The van der Waals surface area contributed by atoms with Gasteiger partial charge in [-0.05, 0) is 6.92 Å². The summed E-state index contributed by atoms with van der Waals surface area (Å²) in [5.74, 6) is 0. The highest BCUT2D eigenvalue weighted by Crippen LogP contribution is 2.42. The molecule has 0 aromatic heterocycles. The van der Waals surface area contributed by atoms with Crippen molar-refractivity contribution in [2.45, 2.75) is 20.8 Å². The molecule has 0 saturated carbocycles. The molecule has 6 heteroatoms. The van der Waals surface area contributed by atoms with Gasteiger partial charge in [0.2, 0.25) is 0 Å². The third kappa shape index (κ3) is 14.1. The minimum Gasteiger partial charge on any atom is -0.329 e. The Morgan fingerprint density at radius 2 is 1.67 bits per heavy atom. The van der Waals surface area contributed by atoms with Gasteiger partial charge in [0, 0.05) is 0 Å². The van der Waals surface area contributed by atoms with E-state index < -0.39 is 7.82 Å². The van der Waals surface area contributed by atoms with Gasteiger partial charge in [0.1, 0.15) is 13.2 Å². The first kappa shape index (κ1) is 17.5. The summed E-state index contributed by atoms with van der Waals surface area (Å²) < 4.78 is 20.9. The van der Waals surface area contributed by atoms with Crippen LogP contribution >= 0.6 is 7.82 Å². The fourth-order valence-electron chi connectivity index (χ4n) is 0.630. The van der Waals surface area contributed by atoms with Crippen molar-refractivity contribution in [3.63, 3.8) is 0 Å². The van der Waals surface area contributed by atoms with Crippen LogP contribution in [0.2, 0.25) is 0 Å². The van der Waals surface area contributed by atoms with E-state index in [1.165, 1.54) is 0 Å². The van der Waals surface area contributed by atoms with Crippen molar-refractivity contribution in [2.24, 2.45) is 0 Å². The zero-order valence-corrected chi connectivity index (χ0v) is 11.6. The summed E-state index contributed by atoms with van der Waals surface area (Å²) in [6.07, 6.45) is 0. The molecule has 0 aliphatic carbocycles. The second-order valence-corrected chi connectivity index (χ2v) is 5.19. The number of nitrogens with zero attached hydrogens (tertiary/aromatic N) is 1. The third-order valence-electron chi connectivity index (χ3n) is 1.31. The number of quaternary nitrogens is 1. The molecule has 0 bridgehead atoms. The van der Waals surface area contributed by atoms with E-state index in [1.807, 2.05) is 35.0 Å². The number of likely N-dealkylation sites (N-methyl/N-ethyl adjacent to an activating group) is 1. The van der Waals surface area contributed by atoms with Gasteiger partial charge in [-0.1, -0.05) is 13.8 Å². The first-order valence-electron chi connectivity index (χ1n) is 5.19. The van der Waals surface area contributed by atoms with Gasteiger partial charge in [-0.3, -0.25) is 9.05 Å². The van der Waals surface area contributed by atoms with Crippen LogP contribution in [0, 0.1) is 0 Å². The molecule has 0 rings (SSSR count). The van der Waals surface area contributed by atoms with Gasteiger partial charge in [-0.25, -0.2) is 4.57 Å². The Bertz CT molecular complexity index is 191. The van der Waals surface area contributed by atoms with Crippen molar-refractivity contribution in [3.8, 4) is 0 Å². The summed E-state index contributed by atoms with van der Waals surface area (Å²) in [5, 5.41) is 0. The summed E-state index contributed by atoms with van der Waals surface area (Å²) in [7, 11) is 2.15. The van der Waals surface area contributed by atoms with E-state index in [-0.39, 0.29) is 13.2 Å². The largest absolute Gasteiger partial charge is 0.472 e. The average molecular weight is 242 g/mol. The molecule has 0 spiro atoms. The highest BCUT2D eigenvalue weighted by Gasteiger charge is 2.20. The average Bonchev–Trinajstić information content (AvgIpc) is 2.04. The topological polar surface area (TPSA) is 55.8 Å². The first-order valence-corrected chi connectivity index (χ1v) is 6.69. The second kappa shape index (κ2) is 8.25. The number of phosphoric acid groups is 1. The summed E-state index contributed by atoms with van der Waals surface area (Å²) >= 11 is 0. The lowest BCUT2D eigenvalue weighted by molar-refractivity contribution is -0.870. The molecule has 94 valence electrons. The molecule has 0 aliphatic heterocycles. The van der Waals surface area contributed by atoms with Crippen molar-refractivity contribution < 1.29 is 23.0 Å². The summed E-state index contributed by atoms with van der Waals surface area (Å²) in [4.78, 5) is 9.02. The maximum atomic E-state index is 11.0. The third-order valence-corrected chi connectivity index (χ3v) is 2.40. The van der Waals surface area contributed by atoms with Crippen molar-refractivity contribution >= 4 is 7.82 Å². The molecule has 5 nitrogen and oxygen atoms in total. The Kier molecular flexibility index (Phi) is 9.60. The van der Waals surface area contributed by atoms with Crippen LogP contribution in [0.25, 0.3) is 0 Å². The second-order valence-electron chi connectivity index (χ2n) is 3.73. The summed E-state index contributed by atoms with van der Waals surface area (Å²) in [6.45, 7) is 6.71. The fourth-order valence-corrected chi connectivity index (χ4v) is 1.34. The van der Waals surface area contributed by atoms with E-state index in [2.05, 4.69) is 4.52 Å². The van der Waals surface area contributed by atoms with E-state index in [9.17, 15) is 4.57 Å². The van der Waals surface area contributed by atoms with Crippen molar-refractivity contribution in [3.05, 3.63) is 0 Å². The fraction of sp³-hybridized carbons (Fsp3) is 1.00. The standard InChI is InChI=1S/C7H18NO4P.C2H6/c1-5-11-13(9,10)12-7-6-8(2,3)4;1-2/h5-7H2,1-4H3;1-2H3/p+1. The lowest BCUT2D eigenvalue weighted by Gasteiger charge is -2.23. The van der Waals surface area contributed by atoms with Crippen LogP contribution in [0.1, 0.15) is 20.8 Å². The maximum absolute atomic E-state index is 11.0. The minimum absolute atomic E-state index is 0.179. The Balaban J connectivity index is 0. The Morgan fingerprint density at radius 3 is 2.00 bits per heavy atom. The monoisotopic (exact) mass is 242 g/mol. The molecule has 1 atom stereocenters. The summed E-state index contributed by atoms with van der Waals surface area (Å²) in [5.41, 5.74) is 0. The molecule has 1 N–H and O–H groups in total. The number of hydrogen-bond donors (Lipinski definition) is 1. The quantitative estimate of drug-likeness (QED) is 0.570. The van der Waals surface area contributed by atoms with Crippen molar-refractivity contribution in [1.82, 2.24) is 0 Å². The molecule has 0 radical (unpaired) electrons. The Hall–Kier alpha value is 0.0700. The Labute approximate surface area is 93.2 Å². The zero-order chi connectivity index (χ0) is 12.5. The van der Waals surface area contributed by atoms with Gasteiger partial charge in [0.05, 0.1) is 27.7 Å². The molecule has 0 aliphatic rings. The molecule has 0 aromatic rings. The van der Waals surface area contributed by atoms with E-state index >= 15 is 0 Å². The van der Waals surface area contributed by atoms with Crippen LogP contribution in [0.15, 0.2) is 0 Å². The van der Waals surface area contributed by atoms with Gasteiger partial charge < -0.3 is 9.38 Å². The highest BCUT2D eigenvalue weighted by molar-refractivity contribution is 7.47. The van der Waals surface area contributed by atoms with Crippen LogP contribution in [0.3, 0.4) is 0 Å². The summed E-state index contributed by atoms with van der Waals surface area (Å²) in [6, 6.07) is 0. The lowest BCUT2D eigenvalue weighted by atomic mass is 10.5. The molecule has 0 aromatic carbocycles. The van der Waals surface area contributed by atoms with Gasteiger partial charge in [0.25, 0.3) is 0 Å². The highest BCUT2D eigenvalue weighted by atomic mass is 31.2. The van der Waals surface area contributed by atoms with Crippen LogP contribution in [-0.4, -0.2) is 50.3 Å². The Morgan fingerprint density at radius 1 is 1.20 bits per heavy atom. The van der Waals surface area contributed by atoms with E-state index in [0.717, 1.165) is 0 Å². The SMILES string of the molecule is CC.CCOP(=O)(O)OCC[N+](C)(C)C. The van der Waals surface area contributed by atoms with Crippen LogP contribution in [0.5, 0.6) is 0 Å².